The van der Waals surface area contributed by atoms with E-state index in [4.69, 9.17) is 10.6 Å². The Morgan fingerprint density at radius 1 is 1.15 bits per heavy atom. The SMILES string of the molecule is Cc1ccccc1C(NN)C1OCCc2ccccc21. The normalized spacial score (nSPS) is 19.4. The van der Waals surface area contributed by atoms with Gasteiger partial charge in [-0.1, -0.05) is 48.5 Å². The van der Waals surface area contributed by atoms with Gasteiger partial charge in [-0.2, -0.15) is 0 Å². The molecule has 0 saturated heterocycles. The van der Waals surface area contributed by atoms with Crippen LogP contribution in [0.1, 0.15) is 34.4 Å². The average Bonchev–Trinajstić information content (AvgIpc) is 2.50. The van der Waals surface area contributed by atoms with E-state index in [-0.39, 0.29) is 12.1 Å². The first-order valence-electron chi connectivity index (χ1n) is 7.02. The summed E-state index contributed by atoms with van der Waals surface area (Å²) >= 11 is 0. The van der Waals surface area contributed by atoms with Crippen LogP contribution >= 0.6 is 0 Å². The summed E-state index contributed by atoms with van der Waals surface area (Å²) in [4.78, 5) is 0. The van der Waals surface area contributed by atoms with E-state index in [1.165, 1.54) is 22.3 Å². The van der Waals surface area contributed by atoms with Crippen LogP contribution in [0.3, 0.4) is 0 Å². The Morgan fingerprint density at radius 3 is 2.70 bits per heavy atom. The molecule has 3 nitrogen and oxygen atoms in total. The van der Waals surface area contributed by atoms with Crippen molar-refractivity contribution in [1.29, 1.82) is 0 Å². The van der Waals surface area contributed by atoms with Gasteiger partial charge in [0.15, 0.2) is 0 Å². The molecule has 0 spiro atoms. The number of hydrogen-bond donors (Lipinski definition) is 2. The highest BCUT2D eigenvalue weighted by Gasteiger charge is 2.29. The van der Waals surface area contributed by atoms with Crippen LogP contribution in [0.4, 0.5) is 0 Å². The fourth-order valence-electron chi connectivity index (χ4n) is 2.98. The maximum absolute atomic E-state index is 6.02. The summed E-state index contributed by atoms with van der Waals surface area (Å²) in [6, 6.07) is 16.7. The summed E-state index contributed by atoms with van der Waals surface area (Å²) < 4.78 is 6.02. The van der Waals surface area contributed by atoms with Gasteiger partial charge in [-0.15, -0.1) is 0 Å². The molecule has 3 heteroatoms. The molecular weight excluding hydrogens is 248 g/mol. The van der Waals surface area contributed by atoms with Crippen LogP contribution in [0.15, 0.2) is 48.5 Å². The maximum atomic E-state index is 6.02. The molecule has 2 atom stereocenters. The molecule has 2 aromatic rings. The molecule has 0 fully saturated rings. The minimum atomic E-state index is -0.0361. The lowest BCUT2D eigenvalue weighted by Crippen LogP contribution is -2.36. The molecule has 20 heavy (non-hydrogen) atoms. The standard InChI is InChI=1S/C17H20N2O/c1-12-6-2-4-8-14(12)16(19-18)17-15-9-5-3-7-13(15)10-11-20-17/h2-9,16-17,19H,10-11,18H2,1H3. The number of ether oxygens (including phenoxy) is 1. The van der Waals surface area contributed by atoms with E-state index >= 15 is 0 Å². The fourth-order valence-corrected chi connectivity index (χ4v) is 2.98. The highest BCUT2D eigenvalue weighted by Crippen LogP contribution is 2.37. The Kier molecular flexibility index (Phi) is 3.83. The Balaban J connectivity index is 2.01. The van der Waals surface area contributed by atoms with Crippen molar-refractivity contribution in [1.82, 2.24) is 5.43 Å². The smallest absolute Gasteiger partial charge is 0.103 e. The van der Waals surface area contributed by atoms with Crippen molar-refractivity contribution in [2.24, 2.45) is 5.84 Å². The predicted octanol–water partition coefficient (Wildman–Crippen LogP) is 2.81. The monoisotopic (exact) mass is 268 g/mol. The van der Waals surface area contributed by atoms with E-state index in [1.54, 1.807) is 0 Å². The van der Waals surface area contributed by atoms with Crippen LogP contribution in [0.5, 0.6) is 0 Å². The zero-order valence-corrected chi connectivity index (χ0v) is 11.7. The lowest BCUT2D eigenvalue weighted by molar-refractivity contribution is 0.0146. The zero-order valence-electron chi connectivity index (χ0n) is 11.7. The molecule has 1 aliphatic heterocycles. The summed E-state index contributed by atoms with van der Waals surface area (Å²) in [5, 5.41) is 0. The molecule has 3 rings (SSSR count). The van der Waals surface area contributed by atoms with Gasteiger partial charge in [0.05, 0.1) is 12.6 Å². The largest absolute Gasteiger partial charge is 0.371 e. The minimum Gasteiger partial charge on any atom is -0.371 e. The average molecular weight is 268 g/mol. The third-order valence-corrected chi connectivity index (χ3v) is 4.04. The zero-order chi connectivity index (χ0) is 13.9. The molecule has 0 saturated carbocycles. The molecule has 2 aromatic carbocycles. The van der Waals surface area contributed by atoms with E-state index in [0.717, 1.165) is 13.0 Å². The van der Waals surface area contributed by atoms with Gasteiger partial charge in [0.1, 0.15) is 6.10 Å². The summed E-state index contributed by atoms with van der Waals surface area (Å²) in [6.45, 7) is 2.85. The molecule has 1 heterocycles. The molecule has 0 bridgehead atoms. The first kappa shape index (κ1) is 13.3. The number of nitrogens with one attached hydrogen (secondary N) is 1. The number of hydrogen-bond acceptors (Lipinski definition) is 3. The first-order chi connectivity index (χ1) is 9.81. The number of rotatable bonds is 3. The molecule has 1 aliphatic rings. The van der Waals surface area contributed by atoms with Gasteiger partial charge in [-0.3, -0.25) is 5.84 Å². The lowest BCUT2D eigenvalue weighted by Gasteiger charge is -2.33. The molecule has 3 N–H and O–H groups in total. The maximum Gasteiger partial charge on any atom is 0.103 e. The fraction of sp³-hybridized carbons (Fsp3) is 0.294. The molecule has 0 radical (unpaired) electrons. The van der Waals surface area contributed by atoms with Gasteiger partial charge in [-0.25, -0.2) is 5.43 Å². The third-order valence-electron chi connectivity index (χ3n) is 4.04. The third kappa shape index (κ3) is 2.36. The second-order valence-corrected chi connectivity index (χ2v) is 5.24. The molecular formula is C17H20N2O. The number of fused-ring (bicyclic) bond motifs is 1. The molecule has 104 valence electrons. The Labute approximate surface area is 119 Å². The van der Waals surface area contributed by atoms with Crippen LogP contribution in [0, 0.1) is 6.92 Å². The number of nitrogens with two attached hydrogens (primary N) is 1. The highest BCUT2D eigenvalue weighted by molar-refractivity contribution is 5.36. The summed E-state index contributed by atoms with van der Waals surface area (Å²) in [7, 11) is 0. The quantitative estimate of drug-likeness (QED) is 0.664. The van der Waals surface area contributed by atoms with Crippen molar-refractivity contribution >= 4 is 0 Å². The Bertz CT molecular complexity index is 597. The summed E-state index contributed by atoms with van der Waals surface area (Å²) in [5.41, 5.74) is 7.96. The van der Waals surface area contributed by atoms with Gasteiger partial charge in [0.2, 0.25) is 0 Å². The summed E-state index contributed by atoms with van der Waals surface area (Å²) in [5.74, 6) is 5.83. The van der Waals surface area contributed by atoms with Crippen LogP contribution in [0.2, 0.25) is 0 Å². The van der Waals surface area contributed by atoms with E-state index in [0.29, 0.717) is 0 Å². The van der Waals surface area contributed by atoms with Crippen LogP contribution in [0.25, 0.3) is 0 Å². The van der Waals surface area contributed by atoms with E-state index in [2.05, 4.69) is 48.7 Å². The van der Waals surface area contributed by atoms with Crippen molar-refractivity contribution < 1.29 is 4.74 Å². The van der Waals surface area contributed by atoms with E-state index in [9.17, 15) is 0 Å². The van der Waals surface area contributed by atoms with Gasteiger partial charge in [0.25, 0.3) is 0 Å². The van der Waals surface area contributed by atoms with E-state index in [1.807, 2.05) is 12.1 Å². The van der Waals surface area contributed by atoms with Crippen molar-refractivity contribution in [2.45, 2.75) is 25.5 Å². The van der Waals surface area contributed by atoms with Gasteiger partial charge in [0, 0.05) is 0 Å². The molecule has 0 amide bonds. The topological polar surface area (TPSA) is 47.3 Å². The number of aryl methyl sites for hydroxylation is 1. The van der Waals surface area contributed by atoms with Crippen LogP contribution in [-0.4, -0.2) is 6.61 Å². The van der Waals surface area contributed by atoms with Crippen molar-refractivity contribution in [2.75, 3.05) is 6.61 Å². The van der Waals surface area contributed by atoms with Gasteiger partial charge < -0.3 is 4.74 Å². The van der Waals surface area contributed by atoms with Crippen molar-refractivity contribution in [3.8, 4) is 0 Å². The number of benzene rings is 2. The van der Waals surface area contributed by atoms with E-state index < -0.39 is 0 Å². The second-order valence-electron chi connectivity index (χ2n) is 5.24. The molecule has 0 aromatic heterocycles. The van der Waals surface area contributed by atoms with Crippen LogP contribution < -0.4 is 11.3 Å². The van der Waals surface area contributed by atoms with Crippen LogP contribution in [-0.2, 0) is 11.2 Å². The Morgan fingerprint density at radius 2 is 1.90 bits per heavy atom. The first-order valence-corrected chi connectivity index (χ1v) is 7.02. The van der Waals surface area contributed by atoms with Crippen molar-refractivity contribution in [3.05, 3.63) is 70.8 Å². The van der Waals surface area contributed by atoms with Gasteiger partial charge >= 0.3 is 0 Å². The highest BCUT2D eigenvalue weighted by atomic mass is 16.5. The predicted molar refractivity (Wildman–Crippen MR) is 80.1 cm³/mol. The Hall–Kier alpha value is -1.68. The minimum absolute atomic E-state index is 0.0300. The molecule has 0 aliphatic carbocycles. The lowest BCUT2D eigenvalue weighted by atomic mass is 9.88. The van der Waals surface area contributed by atoms with Crippen molar-refractivity contribution in [3.63, 3.8) is 0 Å². The van der Waals surface area contributed by atoms with Gasteiger partial charge in [-0.05, 0) is 35.6 Å². The summed E-state index contributed by atoms with van der Waals surface area (Å²) in [6.07, 6.45) is 0.934. The number of hydrazine groups is 1. The molecule has 2 unspecified atom stereocenters. The second kappa shape index (κ2) is 5.75.